The number of aromatic nitrogens is 3. The number of carboxylic acids is 1. The molecule has 0 bridgehead atoms. The number of rotatable bonds is 4. The molecule has 3 N–H and O–H groups in total. The predicted molar refractivity (Wildman–Crippen MR) is 78.0 cm³/mol. The van der Waals surface area contributed by atoms with E-state index in [0.29, 0.717) is 4.47 Å². The summed E-state index contributed by atoms with van der Waals surface area (Å²) in [5.41, 5.74) is -0.485. The molecule has 0 fully saturated rings. The summed E-state index contributed by atoms with van der Waals surface area (Å²) in [6.07, 6.45) is 1.39. The van der Waals surface area contributed by atoms with E-state index >= 15 is 0 Å². The summed E-state index contributed by atoms with van der Waals surface area (Å²) in [5, 5.41) is 14.7. The van der Waals surface area contributed by atoms with Crippen LogP contribution in [0.5, 0.6) is 0 Å². The molecule has 0 aliphatic heterocycles. The first-order valence-corrected chi connectivity index (χ1v) is 8.00. The summed E-state index contributed by atoms with van der Waals surface area (Å²) in [7, 11) is -4.19. The van der Waals surface area contributed by atoms with E-state index in [4.69, 9.17) is 16.7 Å². The van der Waals surface area contributed by atoms with Crippen molar-refractivity contribution in [2.45, 2.75) is 11.8 Å². The number of aromatic amines is 1. The molecule has 112 valence electrons. The fourth-order valence-corrected chi connectivity index (χ4v) is 3.50. The van der Waals surface area contributed by atoms with Crippen LogP contribution < -0.4 is 4.72 Å². The van der Waals surface area contributed by atoms with E-state index in [1.54, 1.807) is 0 Å². The van der Waals surface area contributed by atoms with Gasteiger partial charge in [0.15, 0.2) is 10.8 Å². The minimum atomic E-state index is -4.19. The Kier molecular flexibility index (Phi) is 4.21. The van der Waals surface area contributed by atoms with Gasteiger partial charge in [0.2, 0.25) is 0 Å². The van der Waals surface area contributed by atoms with Gasteiger partial charge in [-0.3, -0.25) is 9.82 Å². The van der Waals surface area contributed by atoms with E-state index in [-0.39, 0.29) is 16.5 Å². The van der Waals surface area contributed by atoms with Crippen LogP contribution in [-0.4, -0.2) is 34.7 Å². The van der Waals surface area contributed by atoms with Crippen LogP contribution in [0.3, 0.4) is 0 Å². The first-order chi connectivity index (χ1) is 9.72. The summed E-state index contributed by atoms with van der Waals surface area (Å²) in [6.45, 7) is 1.40. The molecule has 0 aliphatic rings. The SMILES string of the molecule is Cc1[nH]nc(C(=O)O)c1S(=O)(=O)Nc1cc(Br)cnc1Cl. The molecular formula is C10H8BrClN4O4S. The molecule has 0 saturated heterocycles. The molecule has 2 aromatic heterocycles. The van der Waals surface area contributed by atoms with Gasteiger partial charge >= 0.3 is 5.97 Å². The Labute approximate surface area is 132 Å². The van der Waals surface area contributed by atoms with Crippen LogP contribution in [0.1, 0.15) is 16.2 Å². The highest BCUT2D eigenvalue weighted by atomic mass is 79.9. The standard InChI is InChI=1S/C10H8BrClN4O4S/c1-4-8(7(10(17)18)15-14-4)21(19,20)16-6-2-5(11)3-13-9(6)12/h2-3,16H,1H3,(H,14,15)(H,17,18). The number of aromatic carboxylic acids is 1. The summed E-state index contributed by atoms with van der Waals surface area (Å²) >= 11 is 8.94. The zero-order valence-corrected chi connectivity index (χ0v) is 13.5. The van der Waals surface area contributed by atoms with E-state index in [1.807, 2.05) is 0 Å². The average molecular weight is 396 g/mol. The summed E-state index contributed by atoms with van der Waals surface area (Å²) < 4.78 is 27.4. The lowest BCUT2D eigenvalue weighted by Gasteiger charge is -2.09. The Hall–Kier alpha value is -1.65. The van der Waals surface area contributed by atoms with Crippen molar-refractivity contribution in [2.24, 2.45) is 0 Å². The van der Waals surface area contributed by atoms with Crippen molar-refractivity contribution >= 4 is 49.2 Å². The molecule has 8 nitrogen and oxygen atoms in total. The minimum Gasteiger partial charge on any atom is -0.476 e. The van der Waals surface area contributed by atoms with Crippen LogP contribution in [0.25, 0.3) is 0 Å². The van der Waals surface area contributed by atoms with Gasteiger partial charge in [-0.2, -0.15) is 5.10 Å². The molecule has 0 aliphatic carbocycles. The van der Waals surface area contributed by atoms with Crippen LogP contribution in [0.2, 0.25) is 5.15 Å². The number of pyridine rings is 1. The highest BCUT2D eigenvalue weighted by Crippen LogP contribution is 2.27. The number of H-pyrrole nitrogens is 1. The topological polar surface area (TPSA) is 125 Å². The van der Waals surface area contributed by atoms with Gasteiger partial charge in [-0.15, -0.1) is 0 Å². The Morgan fingerprint density at radius 2 is 2.19 bits per heavy atom. The maximum absolute atomic E-state index is 12.3. The average Bonchev–Trinajstić information content (AvgIpc) is 2.76. The molecule has 2 aromatic rings. The van der Waals surface area contributed by atoms with Crippen LogP contribution in [-0.2, 0) is 10.0 Å². The first kappa shape index (κ1) is 15.7. The molecule has 0 atom stereocenters. The number of aryl methyl sites for hydroxylation is 1. The van der Waals surface area contributed by atoms with Crippen molar-refractivity contribution in [3.8, 4) is 0 Å². The van der Waals surface area contributed by atoms with Gasteiger partial charge in [0.05, 0.1) is 11.4 Å². The van der Waals surface area contributed by atoms with Gasteiger partial charge in [-0.1, -0.05) is 11.6 Å². The van der Waals surface area contributed by atoms with Crippen molar-refractivity contribution in [3.05, 3.63) is 33.3 Å². The Morgan fingerprint density at radius 1 is 1.52 bits per heavy atom. The molecule has 0 spiro atoms. The summed E-state index contributed by atoms with van der Waals surface area (Å²) in [4.78, 5) is 14.4. The maximum atomic E-state index is 12.3. The highest BCUT2D eigenvalue weighted by Gasteiger charge is 2.29. The number of hydrogen-bond donors (Lipinski definition) is 3. The second-order valence-electron chi connectivity index (χ2n) is 3.93. The Balaban J connectivity index is 2.51. The van der Waals surface area contributed by atoms with Crippen molar-refractivity contribution < 1.29 is 18.3 Å². The van der Waals surface area contributed by atoms with E-state index in [2.05, 4.69) is 35.8 Å². The molecule has 21 heavy (non-hydrogen) atoms. The predicted octanol–water partition coefficient (Wildman–Crippen LogP) is 2.03. The first-order valence-electron chi connectivity index (χ1n) is 5.34. The van der Waals surface area contributed by atoms with Crippen molar-refractivity contribution in [1.29, 1.82) is 0 Å². The van der Waals surface area contributed by atoms with Gasteiger partial charge in [-0.25, -0.2) is 18.2 Å². The van der Waals surface area contributed by atoms with Gasteiger partial charge in [0, 0.05) is 10.7 Å². The van der Waals surface area contributed by atoms with Crippen LogP contribution in [0.4, 0.5) is 5.69 Å². The van der Waals surface area contributed by atoms with E-state index in [1.165, 1.54) is 19.2 Å². The van der Waals surface area contributed by atoms with Gasteiger partial charge < -0.3 is 5.11 Å². The quantitative estimate of drug-likeness (QED) is 0.680. The molecule has 0 saturated carbocycles. The van der Waals surface area contributed by atoms with Crippen molar-refractivity contribution in [3.63, 3.8) is 0 Å². The Bertz CT molecular complexity index is 820. The number of hydrogen-bond acceptors (Lipinski definition) is 5. The largest absolute Gasteiger partial charge is 0.476 e. The lowest BCUT2D eigenvalue weighted by Crippen LogP contribution is -2.17. The van der Waals surface area contributed by atoms with Crippen LogP contribution >= 0.6 is 27.5 Å². The number of carbonyl (C=O) groups is 1. The monoisotopic (exact) mass is 394 g/mol. The van der Waals surface area contributed by atoms with Crippen molar-refractivity contribution in [2.75, 3.05) is 4.72 Å². The lowest BCUT2D eigenvalue weighted by atomic mass is 10.4. The zero-order chi connectivity index (χ0) is 15.8. The lowest BCUT2D eigenvalue weighted by molar-refractivity contribution is 0.0686. The van der Waals surface area contributed by atoms with E-state index < -0.39 is 26.6 Å². The summed E-state index contributed by atoms with van der Waals surface area (Å²) in [6, 6.07) is 1.41. The number of anilines is 1. The third-order valence-electron chi connectivity index (χ3n) is 2.41. The van der Waals surface area contributed by atoms with Gasteiger partial charge in [0.1, 0.15) is 4.90 Å². The number of carboxylic acid groups (broad SMARTS) is 1. The molecule has 0 amide bonds. The molecule has 2 heterocycles. The zero-order valence-electron chi connectivity index (χ0n) is 10.4. The van der Waals surface area contributed by atoms with E-state index in [0.717, 1.165) is 0 Å². The van der Waals surface area contributed by atoms with Crippen molar-refractivity contribution in [1.82, 2.24) is 15.2 Å². The number of halogens is 2. The molecule has 2 rings (SSSR count). The fraction of sp³-hybridized carbons (Fsp3) is 0.100. The second-order valence-corrected chi connectivity index (χ2v) is 6.82. The number of nitrogens with zero attached hydrogens (tertiary/aromatic N) is 2. The minimum absolute atomic E-state index is 0.0166. The molecular weight excluding hydrogens is 388 g/mol. The van der Waals surface area contributed by atoms with Crippen LogP contribution in [0.15, 0.2) is 21.6 Å². The molecule has 0 unspecified atom stereocenters. The van der Waals surface area contributed by atoms with Gasteiger partial charge in [-0.05, 0) is 28.9 Å². The smallest absolute Gasteiger partial charge is 0.357 e. The summed E-state index contributed by atoms with van der Waals surface area (Å²) in [5.74, 6) is -1.46. The molecule has 0 radical (unpaired) electrons. The normalized spacial score (nSPS) is 11.4. The van der Waals surface area contributed by atoms with E-state index in [9.17, 15) is 13.2 Å². The number of nitrogens with one attached hydrogen (secondary N) is 2. The second kappa shape index (κ2) is 5.62. The van der Waals surface area contributed by atoms with Gasteiger partial charge in [0.25, 0.3) is 10.0 Å². The third-order valence-corrected chi connectivity index (χ3v) is 4.67. The molecule has 11 heteroatoms. The fourth-order valence-electron chi connectivity index (χ4n) is 1.58. The maximum Gasteiger partial charge on any atom is 0.357 e. The van der Waals surface area contributed by atoms with Crippen LogP contribution in [0, 0.1) is 6.92 Å². The third kappa shape index (κ3) is 3.17. The Morgan fingerprint density at radius 3 is 2.81 bits per heavy atom. The highest BCUT2D eigenvalue weighted by molar-refractivity contribution is 9.10. The molecule has 0 aromatic carbocycles. The number of sulfonamides is 1.